The molecule has 0 saturated heterocycles. The zero-order valence-electron chi connectivity index (χ0n) is 29.2. The minimum atomic E-state index is -1.44. The number of hydrogen-bond acceptors (Lipinski definition) is 9. The summed E-state index contributed by atoms with van der Waals surface area (Å²) in [5, 5.41) is 21.6. The van der Waals surface area contributed by atoms with Gasteiger partial charge >= 0.3 is 11.9 Å². The Kier molecular flexibility index (Phi) is 18.6. The Labute approximate surface area is 295 Å². The van der Waals surface area contributed by atoms with Gasteiger partial charge in [0.2, 0.25) is 5.91 Å². The second-order valence-corrected chi connectivity index (χ2v) is 13.2. The number of ether oxygens (including phenoxy) is 1. The fraction of sp³-hybridized carbons (Fsp3) is 0.528. The minimum absolute atomic E-state index is 0.0475. The van der Waals surface area contributed by atoms with Crippen LogP contribution in [0.15, 0.2) is 71.0 Å². The van der Waals surface area contributed by atoms with Crippen molar-refractivity contribution < 1.29 is 38.9 Å². The first-order chi connectivity index (χ1) is 22.4. The summed E-state index contributed by atoms with van der Waals surface area (Å²) in [5.74, 6) is -5.39. The molecule has 10 nitrogen and oxygen atoms in total. The molecular formula is C36H52N2O8S2. The molecule has 0 aliphatic carbocycles. The highest BCUT2D eigenvalue weighted by Crippen LogP contribution is 2.26. The fourth-order valence-corrected chi connectivity index (χ4v) is 5.59. The molecule has 0 radical (unpaired) electrons. The Bertz CT molecular complexity index is 1360. The van der Waals surface area contributed by atoms with Crippen molar-refractivity contribution in [2.45, 2.75) is 80.4 Å². The van der Waals surface area contributed by atoms with Crippen LogP contribution in [0.5, 0.6) is 0 Å². The molecule has 12 heteroatoms. The summed E-state index contributed by atoms with van der Waals surface area (Å²) < 4.78 is 5.35. The first-order valence-electron chi connectivity index (χ1n) is 16.0. The van der Waals surface area contributed by atoms with Crippen molar-refractivity contribution in [2.24, 2.45) is 29.6 Å². The van der Waals surface area contributed by atoms with E-state index in [1.807, 2.05) is 57.2 Å². The van der Waals surface area contributed by atoms with Crippen LogP contribution in [0.25, 0.3) is 0 Å². The molecule has 48 heavy (non-hydrogen) atoms. The number of aliphatic hydroxyl groups is 1. The Balaban J connectivity index is 2.87. The number of nitrogens with zero attached hydrogens (tertiary/aromatic N) is 1. The van der Waals surface area contributed by atoms with E-state index >= 15 is 0 Å². The van der Waals surface area contributed by atoms with E-state index in [1.54, 1.807) is 20.8 Å². The Hall–Kier alpha value is -3.35. The number of hydrogen-bond donors (Lipinski definition) is 5. The number of aliphatic carboxylic acids is 1. The van der Waals surface area contributed by atoms with Gasteiger partial charge in [-0.3, -0.25) is 19.8 Å². The summed E-state index contributed by atoms with van der Waals surface area (Å²) >= 11 is 7.78. The van der Waals surface area contributed by atoms with Crippen LogP contribution in [-0.2, 0) is 28.7 Å². The van der Waals surface area contributed by atoms with Crippen molar-refractivity contribution in [2.75, 3.05) is 11.5 Å². The van der Waals surface area contributed by atoms with Crippen LogP contribution in [0.4, 0.5) is 0 Å². The smallest absolute Gasteiger partial charge is 0.354 e. The van der Waals surface area contributed by atoms with Gasteiger partial charge < -0.3 is 14.9 Å². The van der Waals surface area contributed by atoms with E-state index in [1.165, 1.54) is 13.0 Å². The number of carboxylic acids is 1. The second-order valence-electron chi connectivity index (χ2n) is 12.6. The number of rotatable bonds is 17. The van der Waals surface area contributed by atoms with E-state index in [0.717, 1.165) is 17.6 Å². The normalized spacial score (nSPS) is 20.9. The monoisotopic (exact) mass is 704 g/mol. The van der Waals surface area contributed by atoms with Gasteiger partial charge in [-0.05, 0) is 57.1 Å². The quantitative estimate of drug-likeness (QED) is 0.0442. The number of carbonyl (C=O) groups excluding carboxylic acids is 4. The fourth-order valence-electron chi connectivity index (χ4n) is 5.37. The number of thiol groups is 2. The molecule has 3 N–H and O–H groups in total. The molecule has 0 aromatic rings. The Morgan fingerprint density at radius 3 is 2.23 bits per heavy atom. The van der Waals surface area contributed by atoms with Crippen LogP contribution in [-0.4, -0.2) is 68.5 Å². The summed E-state index contributed by atoms with van der Waals surface area (Å²) in [6.07, 6.45) is 14.6. The highest BCUT2D eigenvalue weighted by molar-refractivity contribution is 7.81. The van der Waals surface area contributed by atoms with Crippen LogP contribution >= 0.6 is 25.3 Å². The summed E-state index contributed by atoms with van der Waals surface area (Å²) in [6, 6.07) is 0. The summed E-state index contributed by atoms with van der Waals surface area (Å²) in [6.45, 7) is 14.6. The van der Waals surface area contributed by atoms with Crippen molar-refractivity contribution in [1.29, 1.82) is 0 Å². The van der Waals surface area contributed by atoms with E-state index in [-0.39, 0.29) is 53.2 Å². The average Bonchev–Trinajstić information content (AvgIpc) is 3.02. The average molecular weight is 705 g/mol. The van der Waals surface area contributed by atoms with E-state index in [0.29, 0.717) is 5.01 Å². The molecule has 266 valence electrons. The molecule has 0 fully saturated rings. The number of carbonyl (C=O) groups is 5. The van der Waals surface area contributed by atoms with Crippen molar-refractivity contribution in [3.63, 3.8) is 0 Å². The predicted molar refractivity (Wildman–Crippen MR) is 194 cm³/mol. The lowest BCUT2D eigenvalue weighted by molar-refractivity contribution is -0.143. The van der Waals surface area contributed by atoms with Gasteiger partial charge in [-0.25, -0.2) is 14.6 Å². The number of aliphatic hydroxyl groups excluding tert-OH is 1. The van der Waals surface area contributed by atoms with Crippen LogP contribution in [0.2, 0.25) is 0 Å². The molecule has 0 aromatic carbocycles. The largest absolute Gasteiger partial charge is 0.477 e. The number of carboxylic acid groups (broad SMARTS) is 1. The molecule has 0 saturated carbocycles. The number of allylic oxidation sites excluding steroid dienone is 8. The summed E-state index contributed by atoms with van der Waals surface area (Å²) in [7, 11) is 0. The maximum absolute atomic E-state index is 13.3. The van der Waals surface area contributed by atoms with Crippen molar-refractivity contribution in [3.8, 4) is 0 Å². The van der Waals surface area contributed by atoms with Gasteiger partial charge in [-0.15, -0.1) is 0 Å². The molecule has 5 unspecified atom stereocenters. The number of Topliss-reactive ketones (excluding diaryl/α,β-unsaturated/α-hetero) is 1. The zero-order chi connectivity index (χ0) is 36.7. The van der Waals surface area contributed by atoms with E-state index in [2.05, 4.69) is 43.7 Å². The van der Waals surface area contributed by atoms with Crippen molar-refractivity contribution in [3.05, 3.63) is 71.0 Å². The SMILES string of the molecule is CC(=C/C(C)C/C=C/C(C)=C/C(C)C(=O)C(C)C(O)C(C)C/C(C)=C(\C(=O)O)N(NC(=O)CS)C(=O)CS)/C=C/[C@@H]1OC(=O)C=C[C@@H]1C. The molecule has 0 aromatic heterocycles. The van der Waals surface area contributed by atoms with Gasteiger partial charge in [0.25, 0.3) is 5.91 Å². The van der Waals surface area contributed by atoms with Crippen LogP contribution in [0.1, 0.15) is 68.2 Å². The molecule has 1 aliphatic heterocycles. The third kappa shape index (κ3) is 14.0. The number of ketones is 1. The van der Waals surface area contributed by atoms with E-state index in [4.69, 9.17) is 4.74 Å². The number of nitrogens with one attached hydrogen (secondary N) is 1. The molecule has 0 bridgehead atoms. The van der Waals surface area contributed by atoms with Crippen LogP contribution < -0.4 is 5.43 Å². The third-order valence-corrected chi connectivity index (χ3v) is 8.58. The zero-order valence-corrected chi connectivity index (χ0v) is 31.0. The van der Waals surface area contributed by atoms with Gasteiger partial charge in [-0.2, -0.15) is 25.3 Å². The lowest BCUT2D eigenvalue weighted by Crippen LogP contribution is -2.49. The summed E-state index contributed by atoms with van der Waals surface area (Å²) in [4.78, 5) is 61.2. The standard InChI is InChI=1S/C36H52N2O8S2/c1-21(16-23(3)12-14-29-24(4)13-15-32(41)46-29)10-9-11-22(2)17-26(6)34(42)28(8)35(43)27(7)18-25(5)33(36(44)45)38(31(40)20-48)37-30(39)19-47/h9,11-17,21,24,26-29,35,43,47-48H,10,18-20H2,1-8H3,(H,37,39)(H,44,45)/b11-9+,14-12+,22-17+,23-16-,33-25+/t21?,24-,26?,27?,28?,29-,35?/m0/s1. The second kappa shape index (κ2) is 20.9. The van der Waals surface area contributed by atoms with Crippen LogP contribution in [0, 0.1) is 29.6 Å². The topological polar surface area (TPSA) is 150 Å². The van der Waals surface area contributed by atoms with Crippen LogP contribution in [0.3, 0.4) is 0 Å². The summed E-state index contributed by atoms with van der Waals surface area (Å²) in [5.41, 5.74) is 3.99. The lowest BCUT2D eigenvalue weighted by Gasteiger charge is -2.28. The minimum Gasteiger partial charge on any atom is -0.477 e. The maximum Gasteiger partial charge on any atom is 0.354 e. The molecular weight excluding hydrogens is 653 g/mol. The highest BCUT2D eigenvalue weighted by atomic mass is 32.1. The molecule has 0 spiro atoms. The maximum atomic E-state index is 13.3. The first-order valence-corrected chi connectivity index (χ1v) is 17.3. The van der Waals surface area contributed by atoms with Gasteiger partial charge in [0.1, 0.15) is 17.6 Å². The Morgan fingerprint density at radius 1 is 1.02 bits per heavy atom. The molecule has 1 heterocycles. The van der Waals surface area contributed by atoms with Crippen molar-refractivity contribution >= 4 is 54.8 Å². The lowest BCUT2D eigenvalue weighted by atomic mass is 9.82. The number of hydrazine groups is 1. The van der Waals surface area contributed by atoms with E-state index < -0.39 is 47.3 Å². The van der Waals surface area contributed by atoms with E-state index in [9.17, 15) is 34.2 Å². The van der Waals surface area contributed by atoms with Gasteiger partial charge in [0, 0.05) is 23.8 Å². The molecule has 7 atom stereocenters. The number of esters is 1. The molecule has 1 aliphatic rings. The third-order valence-electron chi connectivity index (χ3n) is 8.02. The molecule has 2 amide bonds. The Morgan fingerprint density at radius 2 is 1.65 bits per heavy atom. The predicted octanol–water partition coefficient (Wildman–Crippen LogP) is 5.44. The van der Waals surface area contributed by atoms with Gasteiger partial charge in [-0.1, -0.05) is 82.2 Å². The van der Waals surface area contributed by atoms with Gasteiger partial charge in [0.05, 0.1) is 17.6 Å². The number of cyclic esters (lactones) is 1. The van der Waals surface area contributed by atoms with Crippen molar-refractivity contribution in [1.82, 2.24) is 10.4 Å². The molecule has 1 rings (SSSR count). The highest BCUT2D eigenvalue weighted by Gasteiger charge is 2.32. The van der Waals surface area contributed by atoms with Gasteiger partial charge in [0.15, 0.2) is 0 Å². The first kappa shape index (κ1) is 42.7. The number of amides is 2.